The van der Waals surface area contributed by atoms with Crippen molar-refractivity contribution in [1.29, 1.82) is 0 Å². The normalized spacial score (nSPS) is 10.5. The molecule has 1 aromatic heterocycles. The van der Waals surface area contributed by atoms with E-state index in [4.69, 9.17) is 11.5 Å². The summed E-state index contributed by atoms with van der Waals surface area (Å²) < 4.78 is 2.75. The van der Waals surface area contributed by atoms with Crippen LogP contribution in [0.3, 0.4) is 0 Å². The summed E-state index contributed by atoms with van der Waals surface area (Å²) in [6.45, 7) is 0.307. The number of nitrogen functional groups attached to an aromatic ring is 1. The molecule has 0 atom stereocenters. The molecule has 0 spiro atoms. The lowest BCUT2D eigenvalue weighted by Gasteiger charge is -2.10. The van der Waals surface area contributed by atoms with Gasteiger partial charge in [0.15, 0.2) is 0 Å². The van der Waals surface area contributed by atoms with Crippen LogP contribution in [0.2, 0.25) is 0 Å². The van der Waals surface area contributed by atoms with Crippen molar-refractivity contribution >= 4 is 43.5 Å². The van der Waals surface area contributed by atoms with E-state index < -0.39 is 5.91 Å². The van der Waals surface area contributed by atoms with Crippen LogP contribution in [0.4, 0.5) is 5.69 Å². The average molecular weight is 401 g/mol. The first-order valence-corrected chi connectivity index (χ1v) is 7.21. The van der Waals surface area contributed by atoms with Crippen molar-refractivity contribution in [2.24, 2.45) is 5.73 Å². The van der Waals surface area contributed by atoms with E-state index in [9.17, 15) is 9.59 Å². The van der Waals surface area contributed by atoms with Crippen LogP contribution in [0, 0.1) is 0 Å². The molecule has 5 nitrogen and oxygen atoms in total. The molecular formula is C13H11Br2N3O2. The van der Waals surface area contributed by atoms with Gasteiger partial charge in [-0.3, -0.25) is 9.59 Å². The van der Waals surface area contributed by atoms with Crippen LogP contribution in [0.1, 0.15) is 15.9 Å². The highest BCUT2D eigenvalue weighted by Crippen LogP contribution is 2.17. The maximum atomic E-state index is 12.0. The number of carbonyl (C=O) groups is 1. The SMILES string of the molecule is NC(=O)c1ccc(Cn2cc(Br)cc(Br)c2=O)c(N)c1. The number of anilines is 1. The molecule has 0 radical (unpaired) electrons. The molecule has 0 fully saturated rings. The molecule has 7 heteroatoms. The lowest BCUT2D eigenvalue weighted by atomic mass is 10.1. The lowest BCUT2D eigenvalue weighted by Crippen LogP contribution is -2.21. The van der Waals surface area contributed by atoms with Gasteiger partial charge in [0.25, 0.3) is 5.56 Å². The summed E-state index contributed by atoms with van der Waals surface area (Å²) in [7, 11) is 0. The lowest BCUT2D eigenvalue weighted by molar-refractivity contribution is 0.100. The number of nitrogens with two attached hydrogens (primary N) is 2. The van der Waals surface area contributed by atoms with E-state index in [1.807, 2.05) is 0 Å². The van der Waals surface area contributed by atoms with Crippen LogP contribution in [-0.2, 0) is 6.54 Å². The summed E-state index contributed by atoms with van der Waals surface area (Å²) in [5.74, 6) is -0.536. The van der Waals surface area contributed by atoms with Gasteiger partial charge in [0.05, 0.1) is 11.0 Å². The molecule has 0 bridgehead atoms. The summed E-state index contributed by atoms with van der Waals surface area (Å²) in [5, 5.41) is 0. The number of halogens is 2. The monoisotopic (exact) mass is 399 g/mol. The molecule has 0 unspecified atom stereocenters. The van der Waals surface area contributed by atoms with Gasteiger partial charge in [-0.2, -0.15) is 0 Å². The molecule has 0 aliphatic rings. The second-order valence-electron chi connectivity index (χ2n) is 4.22. The number of rotatable bonds is 3. The predicted octanol–water partition coefficient (Wildman–Crippen LogP) is 2.10. The molecular weight excluding hydrogens is 390 g/mol. The molecule has 0 aliphatic heterocycles. The standard InChI is InChI=1S/C13H11Br2N3O2/c14-9-4-10(15)13(20)18(6-9)5-8-2-1-7(12(17)19)3-11(8)16/h1-4,6H,5,16H2,(H2,17,19). The van der Waals surface area contributed by atoms with Crippen LogP contribution in [0.25, 0.3) is 0 Å². The quantitative estimate of drug-likeness (QED) is 0.773. The molecule has 2 aromatic rings. The van der Waals surface area contributed by atoms with Gasteiger partial charge < -0.3 is 16.0 Å². The summed E-state index contributed by atoms with van der Waals surface area (Å²) >= 11 is 6.53. The van der Waals surface area contributed by atoms with Crippen LogP contribution in [0.5, 0.6) is 0 Å². The molecule has 0 aliphatic carbocycles. The maximum absolute atomic E-state index is 12.0. The first-order chi connectivity index (χ1) is 9.38. The molecule has 20 heavy (non-hydrogen) atoms. The van der Waals surface area contributed by atoms with E-state index in [0.29, 0.717) is 22.3 Å². The van der Waals surface area contributed by atoms with Crippen molar-refractivity contribution in [2.75, 3.05) is 5.73 Å². The topological polar surface area (TPSA) is 91.1 Å². The molecule has 1 aromatic carbocycles. The number of nitrogens with zero attached hydrogens (tertiary/aromatic N) is 1. The molecule has 0 saturated heterocycles. The Morgan fingerprint density at radius 2 is 1.95 bits per heavy atom. The number of aromatic nitrogens is 1. The van der Waals surface area contributed by atoms with Gasteiger partial charge in [0.1, 0.15) is 0 Å². The highest BCUT2D eigenvalue weighted by Gasteiger charge is 2.08. The third-order valence-corrected chi connectivity index (χ3v) is 3.78. The number of benzene rings is 1. The molecule has 4 N–H and O–H groups in total. The van der Waals surface area contributed by atoms with E-state index in [-0.39, 0.29) is 5.56 Å². The first-order valence-electron chi connectivity index (χ1n) is 5.62. The summed E-state index contributed by atoms with van der Waals surface area (Å²) in [6.07, 6.45) is 1.68. The highest BCUT2D eigenvalue weighted by molar-refractivity contribution is 9.11. The van der Waals surface area contributed by atoms with E-state index >= 15 is 0 Å². The average Bonchev–Trinajstić information content (AvgIpc) is 2.37. The van der Waals surface area contributed by atoms with Gasteiger partial charge >= 0.3 is 0 Å². The Balaban J connectivity index is 2.41. The second kappa shape index (κ2) is 5.80. The number of hydrogen-bond acceptors (Lipinski definition) is 3. The van der Waals surface area contributed by atoms with Crippen LogP contribution in [-0.4, -0.2) is 10.5 Å². The number of pyridine rings is 1. The van der Waals surface area contributed by atoms with Gasteiger partial charge in [-0.1, -0.05) is 6.07 Å². The minimum atomic E-state index is -0.536. The summed E-state index contributed by atoms with van der Waals surface area (Å²) in [5.41, 5.74) is 12.4. The first kappa shape index (κ1) is 14.8. The van der Waals surface area contributed by atoms with Crippen molar-refractivity contribution in [1.82, 2.24) is 4.57 Å². The van der Waals surface area contributed by atoms with Crippen molar-refractivity contribution in [3.63, 3.8) is 0 Å². The van der Waals surface area contributed by atoms with Crippen molar-refractivity contribution in [3.05, 3.63) is 60.9 Å². The Morgan fingerprint density at radius 1 is 1.25 bits per heavy atom. The molecule has 1 heterocycles. The Morgan fingerprint density at radius 3 is 2.55 bits per heavy atom. The zero-order chi connectivity index (χ0) is 14.9. The molecule has 0 saturated carbocycles. The largest absolute Gasteiger partial charge is 0.398 e. The van der Waals surface area contributed by atoms with Crippen LogP contribution in [0.15, 0.2) is 44.2 Å². The third-order valence-electron chi connectivity index (χ3n) is 2.78. The van der Waals surface area contributed by atoms with E-state index in [0.717, 1.165) is 10.0 Å². The fourth-order valence-corrected chi connectivity index (χ4v) is 3.02. The van der Waals surface area contributed by atoms with Gasteiger partial charge in [0.2, 0.25) is 5.91 Å². The van der Waals surface area contributed by atoms with Crippen molar-refractivity contribution < 1.29 is 4.79 Å². The third kappa shape index (κ3) is 3.10. The number of amides is 1. The minimum absolute atomic E-state index is 0.161. The minimum Gasteiger partial charge on any atom is -0.398 e. The van der Waals surface area contributed by atoms with E-state index in [2.05, 4.69) is 31.9 Å². The van der Waals surface area contributed by atoms with E-state index in [1.54, 1.807) is 24.4 Å². The molecule has 1 amide bonds. The predicted molar refractivity (Wildman–Crippen MR) is 84.6 cm³/mol. The Bertz CT molecular complexity index is 741. The van der Waals surface area contributed by atoms with Crippen LogP contribution >= 0.6 is 31.9 Å². The van der Waals surface area contributed by atoms with Crippen LogP contribution < -0.4 is 17.0 Å². The molecule has 104 valence electrons. The van der Waals surface area contributed by atoms with Gasteiger partial charge in [-0.25, -0.2) is 0 Å². The zero-order valence-electron chi connectivity index (χ0n) is 10.3. The number of primary amides is 1. The summed E-state index contributed by atoms with van der Waals surface area (Å²) in [4.78, 5) is 23.1. The smallest absolute Gasteiger partial charge is 0.265 e. The zero-order valence-corrected chi connectivity index (χ0v) is 13.4. The highest BCUT2D eigenvalue weighted by atomic mass is 79.9. The fourth-order valence-electron chi connectivity index (χ4n) is 1.76. The fraction of sp³-hybridized carbons (Fsp3) is 0.0769. The Labute approximate surface area is 131 Å². The maximum Gasteiger partial charge on any atom is 0.265 e. The second-order valence-corrected chi connectivity index (χ2v) is 5.99. The van der Waals surface area contributed by atoms with Gasteiger partial charge in [0, 0.05) is 21.9 Å². The molecule has 2 rings (SSSR count). The Kier molecular flexibility index (Phi) is 4.29. The summed E-state index contributed by atoms with van der Waals surface area (Å²) in [6, 6.07) is 6.47. The number of hydrogen-bond donors (Lipinski definition) is 2. The van der Waals surface area contributed by atoms with E-state index in [1.165, 1.54) is 10.6 Å². The number of carbonyl (C=O) groups excluding carboxylic acids is 1. The van der Waals surface area contributed by atoms with Crippen molar-refractivity contribution in [2.45, 2.75) is 6.54 Å². The van der Waals surface area contributed by atoms with Gasteiger partial charge in [-0.05, 0) is 55.6 Å². The van der Waals surface area contributed by atoms with Gasteiger partial charge in [-0.15, -0.1) is 0 Å². The van der Waals surface area contributed by atoms with Crippen molar-refractivity contribution in [3.8, 4) is 0 Å². The Hall–Kier alpha value is -1.60.